The molecule has 0 N–H and O–H groups in total. The van der Waals surface area contributed by atoms with Crippen LogP contribution >= 0.6 is 0 Å². The molecule has 0 amide bonds. The van der Waals surface area contributed by atoms with E-state index in [4.69, 9.17) is 4.98 Å². The average molecular weight is 269 g/mol. The number of hydrogen-bond donors (Lipinski definition) is 0. The van der Waals surface area contributed by atoms with Gasteiger partial charge in [0.1, 0.15) is 0 Å². The van der Waals surface area contributed by atoms with Crippen molar-refractivity contribution >= 4 is 0 Å². The van der Waals surface area contributed by atoms with Crippen LogP contribution in [0.25, 0.3) is 11.4 Å². The highest BCUT2D eigenvalue weighted by Crippen LogP contribution is 2.25. The topological polar surface area (TPSA) is 38.7 Å². The number of pyridine rings is 1. The van der Waals surface area contributed by atoms with Gasteiger partial charge in [0.05, 0.1) is 0 Å². The summed E-state index contributed by atoms with van der Waals surface area (Å²) >= 11 is 0. The van der Waals surface area contributed by atoms with Crippen molar-refractivity contribution in [2.24, 2.45) is 0 Å². The Labute approximate surface area is 121 Å². The Bertz CT molecular complexity index is 569. The molecule has 0 aliphatic carbocycles. The summed E-state index contributed by atoms with van der Waals surface area (Å²) in [4.78, 5) is 13.9. The molecule has 0 unspecified atom stereocenters. The van der Waals surface area contributed by atoms with E-state index in [0.717, 1.165) is 34.2 Å². The molecule has 0 radical (unpaired) electrons. The summed E-state index contributed by atoms with van der Waals surface area (Å²) in [5.41, 5.74) is 5.28. The number of aromatic nitrogens is 3. The number of hydrogen-bond acceptors (Lipinski definition) is 3. The Morgan fingerprint density at radius 2 is 1.15 bits per heavy atom. The summed E-state index contributed by atoms with van der Waals surface area (Å²) in [7, 11) is 0. The Morgan fingerprint density at radius 3 is 1.55 bits per heavy atom. The molecule has 0 saturated carbocycles. The fraction of sp³-hybridized carbons (Fsp3) is 0.471. The van der Waals surface area contributed by atoms with Gasteiger partial charge in [-0.3, -0.25) is 4.98 Å². The van der Waals surface area contributed by atoms with Crippen molar-refractivity contribution in [2.45, 2.75) is 53.4 Å². The molecular formula is C17H23N3. The molecule has 0 aromatic carbocycles. The van der Waals surface area contributed by atoms with Crippen molar-refractivity contribution in [2.75, 3.05) is 0 Å². The van der Waals surface area contributed by atoms with Crippen molar-refractivity contribution in [3.05, 3.63) is 41.0 Å². The van der Waals surface area contributed by atoms with Crippen LogP contribution in [0.15, 0.2) is 18.2 Å². The quantitative estimate of drug-likeness (QED) is 0.828. The smallest absolute Gasteiger partial charge is 0.159 e. The van der Waals surface area contributed by atoms with Gasteiger partial charge in [0.2, 0.25) is 0 Å². The van der Waals surface area contributed by atoms with Crippen LogP contribution in [0.3, 0.4) is 0 Å². The maximum atomic E-state index is 4.75. The Balaban J connectivity index is 2.60. The molecule has 0 saturated heterocycles. The van der Waals surface area contributed by atoms with Crippen molar-refractivity contribution in [1.82, 2.24) is 15.0 Å². The van der Waals surface area contributed by atoms with E-state index in [0.29, 0.717) is 11.8 Å². The first-order chi connectivity index (χ1) is 9.36. The van der Waals surface area contributed by atoms with Crippen LogP contribution in [-0.2, 0) is 0 Å². The zero-order chi connectivity index (χ0) is 14.9. The molecule has 0 aliphatic rings. The molecule has 2 aromatic rings. The Morgan fingerprint density at radius 1 is 0.700 bits per heavy atom. The van der Waals surface area contributed by atoms with Crippen molar-refractivity contribution in [1.29, 1.82) is 0 Å². The average Bonchev–Trinajstić information content (AvgIpc) is 2.36. The second-order valence-electron chi connectivity index (χ2n) is 5.99. The molecule has 2 rings (SSSR count). The molecule has 106 valence electrons. The summed E-state index contributed by atoms with van der Waals surface area (Å²) in [6.45, 7) is 12.7. The fourth-order valence-corrected chi connectivity index (χ4v) is 2.15. The van der Waals surface area contributed by atoms with Crippen molar-refractivity contribution in [3.63, 3.8) is 0 Å². The lowest BCUT2D eigenvalue weighted by atomic mass is 10.0. The van der Waals surface area contributed by atoms with E-state index in [1.165, 1.54) is 0 Å². The molecule has 3 heteroatoms. The van der Waals surface area contributed by atoms with Gasteiger partial charge >= 0.3 is 0 Å². The van der Waals surface area contributed by atoms with Gasteiger partial charge in [0.25, 0.3) is 0 Å². The van der Waals surface area contributed by atoms with Crippen LogP contribution in [0.4, 0.5) is 0 Å². The number of rotatable bonds is 3. The van der Waals surface area contributed by atoms with Crippen LogP contribution < -0.4 is 0 Å². The van der Waals surface area contributed by atoms with Gasteiger partial charge in [-0.25, -0.2) is 9.97 Å². The predicted molar refractivity (Wildman–Crippen MR) is 82.9 cm³/mol. The first kappa shape index (κ1) is 14.6. The van der Waals surface area contributed by atoms with E-state index in [2.05, 4.69) is 49.8 Å². The summed E-state index contributed by atoms with van der Waals surface area (Å²) in [5.74, 6) is 1.60. The minimum Gasteiger partial charge on any atom is -0.257 e. The van der Waals surface area contributed by atoms with Crippen molar-refractivity contribution in [3.8, 4) is 11.4 Å². The highest BCUT2D eigenvalue weighted by molar-refractivity contribution is 5.57. The first-order valence-corrected chi connectivity index (χ1v) is 7.21. The highest BCUT2D eigenvalue weighted by atomic mass is 14.9. The lowest BCUT2D eigenvalue weighted by molar-refractivity contribution is 0.765. The molecule has 20 heavy (non-hydrogen) atoms. The SMILES string of the molecule is Cc1cc(C)nc(-c2cc(C(C)C)nc(C(C)C)c2)n1. The molecule has 2 heterocycles. The van der Waals surface area contributed by atoms with Gasteiger partial charge < -0.3 is 0 Å². The zero-order valence-corrected chi connectivity index (χ0v) is 13.2. The van der Waals surface area contributed by atoms with Gasteiger partial charge in [-0.1, -0.05) is 27.7 Å². The molecule has 0 bridgehead atoms. The summed E-state index contributed by atoms with van der Waals surface area (Å²) < 4.78 is 0. The fourth-order valence-electron chi connectivity index (χ4n) is 2.15. The third kappa shape index (κ3) is 3.21. The minimum absolute atomic E-state index is 0.401. The van der Waals surface area contributed by atoms with E-state index >= 15 is 0 Å². The number of nitrogens with zero attached hydrogens (tertiary/aromatic N) is 3. The highest BCUT2D eigenvalue weighted by Gasteiger charge is 2.12. The largest absolute Gasteiger partial charge is 0.257 e. The van der Waals surface area contributed by atoms with Crippen molar-refractivity contribution < 1.29 is 0 Å². The van der Waals surface area contributed by atoms with E-state index in [9.17, 15) is 0 Å². The van der Waals surface area contributed by atoms with Gasteiger partial charge in [-0.05, 0) is 43.9 Å². The molecule has 2 aromatic heterocycles. The number of aryl methyl sites for hydroxylation is 2. The van der Waals surface area contributed by atoms with Crippen LogP contribution in [0, 0.1) is 13.8 Å². The summed E-state index contributed by atoms with van der Waals surface area (Å²) in [5, 5.41) is 0. The van der Waals surface area contributed by atoms with E-state index in [1.54, 1.807) is 0 Å². The molecule has 3 nitrogen and oxygen atoms in total. The first-order valence-electron chi connectivity index (χ1n) is 7.21. The van der Waals surface area contributed by atoms with Gasteiger partial charge in [-0.2, -0.15) is 0 Å². The second kappa shape index (κ2) is 5.70. The maximum absolute atomic E-state index is 4.75. The Hall–Kier alpha value is -1.77. The van der Waals surface area contributed by atoms with E-state index in [-0.39, 0.29) is 0 Å². The molecule has 0 fully saturated rings. The lowest BCUT2D eigenvalue weighted by Crippen LogP contribution is -2.02. The van der Waals surface area contributed by atoms with E-state index in [1.807, 2.05) is 19.9 Å². The van der Waals surface area contributed by atoms with Crippen LogP contribution in [0.5, 0.6) is 0 Å². The zero-order valence-electron chi connectivity index (χ0n) is 13.2. The van der Waals surface area contributed by atoms with Gasteiger partial charge in [0, 0.05) is 28.3 Å². The molecular weight excluding hydrogens is 246 g/mol. The monoisotopic (exact) mass is 269 g/mol. The predicted octanol–water partition coefficient (Wildman–Crippen LogP) is 4.40. The third-order valence-corrected chi connectivity index (χ3v) is 3.29. The van der Waals surface area contributed by atoms with Gasteiger partial charge in [-0.15, -0.1) is 0 Å². The summed E-state index contributed by atoms with van der Waals surface area (Å²) in [6.07, 6.45) is 0. The summed E-state index contributed by atoms with van der Waals surface area (Å²) in [6, 6.07) is 6.23. The van der Waals surface area contributed by atoms with Gasteiger partial charge in [0.15, 0.2) is 5.82 Å². The Kier molecular flexibility index (Phi) is 4.17. The minimum atomic E-state index is 0.401. The maximum Gasteiger partial charge on any atom is 0.159 e. The van der Waals surface area contributed by atoms with E-state index < -0.39 is 0 Å². The van der Waals surface area contributed by atoms with Crippen LogP contribution in [0.1, 0.15) is 62.3 Å². The molecule has 0 atom stereocenters. The van der Waals surface area contributed by atoms with Crippen LogP contribution in [0.2, 0.25) is 0 Å². The second-order valence-corrected chi connectivity index (χ2v) is 5.99. The molecule has 0 aliphatic heterocycles. The standard InChI is InChI=1S/C17H23N3/c1-10(2)15-8-14(9-16(20-15)11(3)4)17-18-12(5)7-13(6)19-17/h7-11H,1-6H3. The lowest BCUT2D eigenvalue weighted by Gasteiger charge is -2.13. The third-order valence-electron chi connectivity index (χ3n) is 3.29. The molecule has 0 spiro atoms. The van der Waals surface area contributed by atoms with Crippen LogP contribution in [-0.4, -0.2) is 15.0 Å². The normalized spacial score (nSPS) is 11.4.